The van der Waals surface area contributed by atoms with Gasteiger partial charge in [0.1, 0.15) is 3.79 Å². The molecule has 2 nitrogen and oxygen atoms in total. The summed E-state index contributed by atoms with van der Waals surface area (Å²) in [5.41, 5.74) is 0. The van der Waals surface area contributed by atoms with Crippen molar-refractivity contribution in [2.24, 2.45) is 0 Å². The maximum Gasteiger partial charge on any atom is 0.239 e. The second-order valence-corrected chi connectivity index (χ2v) is 3.52. The SMILES string of the molecule is [2H]C([2H])([2H])Oc1nc(C([2H])([2H])[2H])sc1Br. The molecule has 0 radical (unpaired) electrons. The normalized spacial score (nSPS) is 22.3. The average molecular weight is 214 g/mol. The third kappa shape index (κ3) is 1.43. The van der Waals surface area contributed by atoms with Crippen LogP contribution in [0.5, 0.6) is 5.88 Å². The van der Waals surface area contributed by atoms with Crippen LogP contribution in [0.25, 0.3) is 0 Å². The Bertz CT molecular complexity index is 357. The van der Waals surface area contributed by atoms with Crippen molar-refractivity contribution in [1.29, 1.82) is 0 Å². The first-order valence-corrected chi connectivity index (χ1v) is 3.56. The van der Waals surface area contributed by atoms with Crippen LogP contribution in [0.2, 0.25) is 0 Å². The second-order valence-electron chi connectivity index (χ2n) is 1.20. The van der Waals surface area contributed by atoms with E-state index in [1.54, 1.807) is 0 Å². The molecule has 1 rings (SSSR count). The van der Waals surface area contributed by atoms with Crippen molar-refractivity contribution >= 4 is 27.3 Å². The van der Waals surface area contributed by atoms with E-state index in [1.807, 2.05) is 0 Å². The van der Waals surface area contributed by atoms with Crippen LogP contribution in [-0.2, 0) is 0 Å². The Morgan fingerprint density at radius 3 is 3.33 bits per heavy atom. The van der Waals surface area contributed by atoms with E-state index in [0.29, 0.717) is 0 Å². The smallest absolute Gasteiger partial charge is 0.239 e. The lowest BCUT2D eigenvalue weighted by molar-refractivity contribution is 0.398. The van der Waals surface area contributed by atoms with Crippen LogP contribution in [0, 0.1) is 6.85 Å². The maximum atomic E-state index is 7.08. The zero-order valence-electron chi connectivity index (χ0n) is 10.1. The summed E-state index contributed by atoms with van der Waals surface area (Å²) < 4.78 is 46.5. The fraction of sp³-hybridized carbons (Fsp3) is 0.400. The van der Waals surface area contributed by atoms with E-state index in [1.165, 1.54) is 0 Å². The van der Waals surface area contributed by atoms with Gasteiger partial charge in [-0.15, -0.1) is 11.3 Å². The van der Waals surface area contributed by atoms with Crippen molar-refractivity contribution in [1.82, 2.24) is 4.98 Å². The summed E-state index contributed by atoms with van der Waals surface area (Å²) >= 11 is 3.82. The van der Waals surface area contributed by atoms with Crippen molar-refractivity contribution in [2.45, 2.75) is 6.85 Å². The number of hydrogen-bond acceptors (Lipinski definition) is 3. The van der Waals surface area contributed by atoms with E-state index in [4.69, 9.17) is 8.22 Å². The highest BCUT2D eigenvalue weighted by molar-refractivity contribution is 9.11. The summed E-state index contributed by atoms with van der Waals surface area (Å²) in [5.74, 6) is -0.217. The Balaban J connectivity index is 2.97. The number of ether oxygens (including phenoxy) is 1. The summed E-state index contributed by atoms with van der Waals surface area (Å²) in [6.07, 6.45) is 0. The highest BCUT2D eigenvalue weighted by atomic mass is 79.9. The summed E-state index contributed by atoms with van der Waals surface area (Å²) in [6, 6.07) is 0. The Morgan fingerprint density at radius 1 is 1.89 bits per heavy atom. The third-order valence-corrected chi connectivity index (χ3v) is 2.12. The van der Waals surface area contributed by atoms with E-state index in [-0.39, 0.29) is 14.7 Å². The van der Waals surface area contributed by atoms with Crippen LogP contribution in [-0.4, -0.2) is 12.0 Å². The minimum Gasteiger partial charge on any atom is -0.480 e. The Labute approximate surface area is 74.4 Å². The average Bonchev–Trinajstić information content (AvgIpc) is 2.27. The standard InChI is InChI=1S/C5H6BrNOS/c1-3-7-5(8-2)4(6)9-3/h1-2H3/i1D3,2D3. The van der Waals surface area contributed by atoms with Gasteiger partial charge in [-0.25, -0.2) is 4.98 Å². The van der Waals surface area contributed by atoms with Gasteiger partial charge in [-0.1, -0.05) is 0 Å². The molecule has 0 amide bonds. The van der Waals surface area contributed by atoms with Crippen LogP contribution in [0.15, 0.2) is 3.79 Å². The predicted octanol–water partition coefficient (Wildman–Crippen LogP) is 2.22. The van der Waals surface area contributed by atoms with E-state index in [9.17, 15) is 0 Å². The minimum atomic E-state index is -2.64. The predicted molar refractivity (Wildman–Crippen MR) is 41.1 cm³/mol. The van der Waals surface area contributed by atoms with Crippen LogP contribution in [0.3, 0.4) is 0 Å². The van der Waals surface area contributed by atoms with Crippen LogP contribution >= 0.6 is 27.3 Å². The fourth-order valence-corrected chi connectivity index (χ4v) is 1.45. The van der Waals surface area contributed by atoms with Crippen LogP contribution in [0.4, 0.5) is 0 Å². The van der Waals surface area contributed by atoms with Crippen molar-refractivity contribution in [3.05, 3.63) is 8.79 Å². The molecule has 0 aliphatic heterocycles. The van der Waals surface area contributed by atoms with Gasteiger partial charge in [0.05, 0.1) is 16.2 Å². The Morgan fingerprint density at radius 2 is 2.78 bits per heavy atom. The molecule has 0 bridgehead atoms. The molecule has 0 saturated heterocycles. The number of rotatable bonds is 1. The molecule has 0 aromatic carbocycles. The number of hydrogen-bond donors (Lipinski definition) is 0. The fourth-order valence-electron chi connectivity index (χ4n) is 0.350. The topological polar surface area (TPSA) is 22.1 Å². The molecule has 0 unspecified atom stereocenters. The zero-order chi connectivity index (χ0) is 11.9. The third-order valence-electron chi connectivity index (χ3n) is 0.654. The summed E-state index contributed by atoms with van der Waals surface area (Å²) in [7, 11) is -2.64. The number of halogens is 1. The van der Waals surface area contributed by atoms with Gasteiger partial charge in [-0.05, 0) is 22.8 Å². The van der Waals surface area contributed by atoms with Gasteiger partial charge in [0.25, 0.3) is 0 Å². The van der Waals surface area contributed by atoms with Gasteiger partial charge < -0.3 is 4.74 Å². The molecule has 0 aliphatic rings. The van der Waals surface area contributed by atoms with Crippen molar-refractivity contribution < 1.29 is 13.0 Å². The number of aromatic nitrogens is 1. The highest BCUT2D eigenvalue weighted by Gasteiger charge is 2.03. The first-order valence-electron chi connectivity index (χ1n) is 4.95. The summed E-state index contributed by atoms with van der Waals surface area (Å²) in [5, 5.41) is -0.159. The molecule has 0 atom stereocenters. The molecule has 0 N–H and O–H groups in total. The van der Waals surface area contributed by atoms with Crippen LogP contribution < -0.4 is 4.74 Å². The molecule has 9 heavy (non-hydrogen) atoms. The van der Waals surface area contributed by atoms with Gasteiger partial charge in [0.15, 0.2) is 0 Å². The molecule has 0 spiro atoms. The molecule has 1 aromatic rings. The zero-order valence-corrected chi connectivity index (χ0v) is 6.54. The van der Waals surface area contributed by atoms with Crippen molar-refractivity contribution in [3.8, 4) is 5.88 Å². The Kier molecular flexibility index (Phi) is 0.742. The lowest BCUT2D eigenvalue weighted by atomic mass is 10.8. The first kappa shape index (κ1) is 2.51. The lowest BCUT2D eigenvalue weighted by Gasteiger charge is -1.89. The molecule has 4 heteroatoms. The van der Waals surface area contributed by atoms with E-state index >= 15 is 0 Å². The first-order chi connectivity index (χ1) is 6.59. The molecular weight excluding hydrogens is 202 g/mol. The Hall–Kier alpha value is -0.0900. The minimum absolute atomic E-state index is 0.159. The quantitative estimate of drug-likeness (QED) is 0.715. The van der Waals surface area contributed by atoms with Gasteiger partial charge in [-0.3, -0.25) is 0 Å². The summed E-state index contributed by atoms with van der Waals surface area (Å²) in [4.78, 5) is 3.59. The van der Waals surface area contributed by atoms with Gasteiger partial charge in [0.2, 0.25) is 5.88 Å². The number of thiazole rings is 1. The van der Waals surface area contributed by atoms with E-state index in [2.05, 4.69) is 25.7 Å². The highest BCUT2D eigenvalue weighted by Crippen LogP contribution is 2.29. The van der Waals surface area contributed by atoms with Crippen molar-refractivity contribution in [2.75, 3.05) is 7.04 Å². The van der Waals surface area contributed by atoms with E-state index in [0.717, 1.165) is 11.3 Å². The second kappa shape index (κ2) is 2.66. The number of nitrogens with zero attached hydrogens (tertiary/aromatic N) is 1. The lowest BCUT2D eigenvalue weighted by Crippen LogP contribution is -1.81. The van der Waals surface area contributed by atoms with Gasteiger partial charge >= 0.3 is 0 Å². The molecular formula is C5H6BrNOS. The van der Waals surface area contributed by atoms with Gasteiger partial charge in [0, 0.05) is 4.11 Å². The maximum absolute atomic E-state index is 7.08. The molecule has 0 saturated carbocycles. The van der Waals surface area contributed by atoms with Crippen LogP contribution in [0.1, 0.15) is 13.2 Å². The molecule has 1 heterocycles. The number of methoxy groups -OCH3 is 1. The van der Waals surface area contributed by atoms with Crippen molar-refractivity contribution in [3.63, 3.8) is 0 Å². The summed E-state index contributed by atoms with van der Waals surface area (Å²) in [6.45, 7) is -2.36. The monoisotopic (exact) mass is 213 g/mol. The molecule has 1 aromatic heterocycles. The largest absolute Gasteiger partial charge is 0.480 e. The molecule has 50 valence electrons. The number of aryl methyl sites for hydroxylation is 1. The van der Waals surface area contributed by atoms with Gasteiger partial charge in [-0.2, -0.15) is 0 Å². The molecule has 0 fully saturated rings. The van der Waals surface area contributed by atoms with E-state index < -0.39 is 13.9 Å². The molecule has 0 aliphatic carbocycles.